The SMILES string of the molecule is COc1ccc(-c2n[nH]c(=S)n2CCC(=O)NC(C)c2cc3ccccc3o2)cc1. The maximum Gasteiger partial charge on any atom is 0.222 e. The molecule has 1 amide bonds. The molecule has 4 aromatic rings. The van der Waals surface area contributed by atoms with E-state index >= 15 is 0 Å². The summed E-state index contributed by atoms with van der Waals surface area (Å²) >= 11 is 5.35. The molecule has 2 N–H and O–H groups in total. The molecule has 30 heavy (non-hydrogen) atoms. The molecule has 8 heteroatoms. The van der Waals surface area contributed by atoms with Crippen LogP contribution in [0, 0.1) is 4.77 Å². The molecule has 1 unspecified atom stereocenters. The molecule has 0 saturated heterocycles. The van der Waals surface area contributed by atoms with Crippen molar-refractivity contribution in [1.82, 2.24) is 20.1 Å². The number of nitrogens with zero attached hydrogens (tertiary/aromatic N) is 2. The normalized spacial score (nSPS) is 12.1. The highest BCUT2D eigenvalue weighted by atomic mass is 32.1. The smallest absolute Gasteiger partial charge is 0.222 e. The number of benzene rings is 2. The van der Waals surface area contributed by atoms with Crippen LogP contribution in [0.15, 0.2) is 59.0 Å². The van der Waals surface area contributed by atoms with Crippen LogP contribution in [0.1, 0.15) is 25.1 Å². The number of ether oxygens (including phenoxy) is 1. The Hall–Kier alpha value is -3.39. The fourth-order valence-corrected chi connectivity index (χ4v) is 3.52. The summed E-state index contributed by atoms with van der Waals surface area (Å²) in [5, 5.41) is 11.1. The summed E-state index contributed by atoms with van der Waals surface area (Å²) in [6.07, 6.45) is 0.265. The molecule has 2 aromatic carbocycles. The summed E-state index contributed by atoms with van der Waals surface area (Å²) in [7, 11) is 1.62. The zero-order valence-electron chi connectivity index (χ0n) is 16.7. The lowest BCUT2D eigenvalue weighted by Gasteiger charge is -2.12. The van der Waals surface area contributed by atoms with Gasteiger partial charge >= 0.3 is 0 Å². The van der Waals surface area contributed by atoms with Crippen LogP contribution in [0.5, 0.6) is 5.75 Å². The number of carbonyl (C=O) groups is 1. The summed E-state index contributed by atoms with van der Waals surface area (Å²) in [5.74, 6) is 2.08. The summed E-state index contributed by atoms with van der Waals surface area (Å²) in [5.41, 5.74) is 1.70. The standard InChI is InChI=1S/C22H22N4O3S/c1-14(19-13-16-5-3-4-6-18(16)29-19)23-20(27)11-12-26-21(24-25-22(26)30)15-7-9-17(28-2)10-8-15/h3-10,13-14H,11-12H2,1-2H3,(H,23,27)(H,25,30). The molecule has 0 saturated carbocycles. The fraction of sp³-hybridized carbons (Fsp3) is 0.227. The van der Waals surface area contributed by atoms with Crippen molar-refractivity contribution in [2.75, 3.05) is 7.11 Å². The van der Waals surface area contributed by atoms with Crippen LogP contribution in [0.4, 0.5) is 0 Å². The monoisotopic (exact) mass is 422 g/mol. The summed E-state index contributed by atoms with van der Waals surface area (Å²) in [6, 6.07) is 17.0. The molecule has 2 aromatic heterocycles. The van der Waals surface area contributed by atoms with Gasteiger partial charge in [-0.25, -0.2) is 0 Å². The third-order valence-electron chi connectivity index (χ3n) is 4.92. The Labute approximate surface area is 178 Å². The molecule has 2 heterocycles. The van der Waals surface area contributed by atoms with Gasteiger partial charge in [0.2, 0.25) is 5.91 Å². The number of rotatable bonds is 7. The first-order valence-corrected chi connectivity index (χ1v) is 10.0. The van der Waals surface area contributed by atoms with Crippen LogP contribution < -0.4 is 10.1 Å². The van der Waals surface area contributed by atoms with Crippen molar-refractivity contribution in [3.8, 4) is 17.1 Å². The Morgan fingerprint density at radius 1 is 1.27 bits per heavy atom. The number of methoxy groups -OCH3 is 1. The lowest BCUT2D eigenvalue weighted by Crippen LogP contribution is -2.27. The summed E-state index contributed by atoms with van der Waals surface area (Å²) in [6.45, 7) is 2.32. The predicted molar refractivity (Wildman–Crippen MR) is 117 cm³/mol. The second-order valence-electron chi connectivity index (χ2n) is 6.96. The van der Waals surface area contributed by atoms with E-state index in [9.17, 15) is 4.79 Å². The van der Waals surface area contributed by atoms with Gasteiger partial charge in [0.1, 0.15) is 17.1 Å². The Kier molecular flexibility index (Phi) is 5.67. The van der Waals surface area contributed by atoms with Gasteiger partial charge < -0.3 is 14.5 Å². The van der Waals surface area contributed by atoms with Crippen LogP contribution >= 0.6 is 12.2 Å². The first-order valence-electron chi connectivity index (χ1n) is 9.62. The van der Waals surface area contributed by atoms with Gasteiger partial charge in [-0.15, -0.1) is 0 Å². The Morgan fingerprint density at radius 3 is 2.77 bits per heavy atom. The maximum absolute atomic E-state index is 12.5. The number of fused-ring (bicyclic) bond motifs is 1. The number of aromatic amines is 1. The van der Waals surface area contributed by atoms with E-state index < -0.39 is 0 Å². The highest BCUT2D eigenvalue weighted by Gasteiger charge is 2.15. The minimum Gasteiger partial charge on any atom is -0.497 e. The zero-order chi connectivity index (χ0) is 21.1. The van der Waals surface area contributed by atoms with E-state index in [-0.39, 0.29) is 18.4 Å². The second kappa shape index (κ2) is 8.54. The Morgan fingerprint density at radius 2 is 2.03 bits per heavy atom. The minimum absolute atomic E-state index is 0.0910. The molecule has 0 radical (unpaired) electrons. The van der Waals surface area contributed by atoms with Gasteiger partial charge in [-0.3, -0.25) is 14.5 Å². The van der Waals surface area contributed by atoms with Crippen molar-refractivity contribution >= 4 is 29.1 Å². The van der Waals surface area contributed by atoms with Gasteiger partial charge in [0.25, 0.3) is 0 Å². The molecule has 1 atom stereocenters. The van der Waals surface area contributed by atoms with Crippen molar-refractivity contribution in [1.29, 1.82) is 0 Å². The number of hydrogen-bond donors (Lipinski definition) is 2. The lowest BCUT2D eigenvalue weighted by molar-refractivity contribution is -0.122. The van der Waals surface area contributed by atoms with E-state index in [4.69, 9.17) is 21.4 Å². The van der Waals surface area contributed by atoms with E-state index in [1.54, 1.807) is 7.11 Å². The Bertz CT molecular complexity index is 1190. The first-order chi connectivity index (χ1) is 14.5. The fourth-order valence-electron chi connectivity index (χ4n) is 3.30. The highest BCUT2D eigenvalue weighted by molar-refractivity contribution is 7.71. The van der Waals surface area contributed by atoms with Gasteiger partial charge in [0.05, 0.1) is 13.2 Å². The number of amides is 1. The molecule has 4 rings (SSSR count). The maximum atomic E-state index is 12.5. The van der Waals surface area contributed by atoms with Crippen LogP contribution in [-0.4, -0.2) is 27.8 Å². The summed E-state index contributed by atoms with van der Waals surface area (Å²) in [4.78, 5) is 12.5. The quantitative estimate of drug-likeness (QED) is 0.424. The van der Waals surface area contributed by atoms with E-state index in [1.807, 2.05) is 66.1 Å². The second-order valence-corrected chi connectivity index (χ2v) is 7.35. The van der Waals surface area contributed by atoms with Crippen molar-refractivity contribution in [3.05, 3.63) is 65.1 Å². The van der Waals surface area contributed by atoms with Crippen LogP contribution in [0.25, 0.3) is 22.4 Å². The number of hydrogen-bond acceptors (Lipinski definition) is 5. The number of aromatic nitrogens is 3. The van der Waals surface area contributed by atoms with Crippen molar-refractivity contribution in [3.63, 3.8) is 0 Å². The molecule has 0 spiro atoms. The number of carbonyl (C=O) groups excluding carboxylic acids is 1. The number of H-pyrrole nitrogens is 1. The number of nitrogens with one attached hydrogen (secondary N) is 2. The molecule has 0 aliphatic carbocycles. The predicted octanol–water partition coefficient (Wildman–Crippen LogP) is 4.63. The van der Waals surface area contributed by atoms with Crippen molar-refractivity contribution in [2.24, 2.45) is 0 Å². The van der Waals surface area contributed by atoms with Gasteiger partial charge in [-0.2, -0.15) is 5.10 Å². The average Bonchev–Trinajstić information content (AvgIpc) is 3.36. The van der Waals surface area contributed by atoms with Crippen LogP contribution in [0.2, 0.25) is 0 Å². The molecule has 0 fully saturated rings. The summed E-state index contributed by atoms with van der Waals surface area (Å²) < 4.78 is 13.3. The molecular weight excluding hydrogens is 400 g/mol. The van der Waals surface area contributed by atoms with E-state index in [1.165, 1.54) is 0 Å². The first kappa shape index (κ1) is 19.9. The molecule has 154 valence electrons. The third-order valence-corrected chi connectivity index (χ3v) is 5.23. The molecular formula is C22H22N4O3S. The van der Waals surface area contributed by atoms with Crippen LogP contribution in [0.3, 0.4) is 0 Å². The molecule has 0 aliphatic rings. The van der Waals surface area contributed by atoms with Gasteiger partial charge in [-0.05, 0) is 55.5 Å². The van der Waals surface area contributed by atoms with E-state index in [0.717, 1.165) is 28.0 Å². The largest absolute Gasteiger partial charge is 0.497 e. The molecule has 7 nitrogen and oxygen atoms in total. The van der Waals surface area contributed by atoms with Gasteiger partial charge in [-0.1, -0.05) is 18.2 Å². The third kappa shape index (κ3) is 4.13. The lowest BCUT2D eigenvalue weighted by atomic mass is 10.2. The van der Waals surface area contributed by atoms with Crippen LogP contribution in [-0.2, 0) is 11.3 Å². The molecule has 0 aliphatic heterocycles. The van der Waals surface area contributed by atoms with E-state index in [0.29, 0.717) is 17.1 Å². The van der Waals surface area contributed by atoms with Gasteiger partial charge in [0, 0.05) is 23.9 Å². The zero-order valence-corrected chi connectivity index (χ0v) is 17.5. The van der Waals surface area contributed by atoms with E-state index in [2.05, 4.69) is 15.5 Å². The van der Waals surface area contributed by atoms with Gasteiger partial charge in [0.15, 0.2) is 10.6 Å². The van der Waals surface area contributed by atoms with Crippen molar-refractivity contribution < 1.29 is 13.9 Å². The minimum atomic E-state index is -0.233. The average molecular weight is 423 g/mol. The number of para-hydroxylation sites is 1. The topological polar surface area (TPSA) is 85.1 Å². The number of furan rings is 1. The van der Waals surface area contributed by atoms with Crippen molar-refractivity contribution in [2.45, 2.75) is 25.9 Å². The highest BCUT2D eigenvalue weighted by Crippen LogP contribution is 2.24. The Balaban J connectivity index is 1.42. The molecule has 0 bridgehead atoms.